The number of amides is 1. The van der Waals surface area contributed by atoms with Crippen LogP contribution in [0.25, 0.3) is 27.7 Å². The average molecular weight is 588 g/mol. The molecule has 0 aromatic carbocycles. The Kier molecular flexibility index (Phi) is 7.14. The van der Waals surface area contributed by atoms with Crippen molar-refractivity contribution in [2.45, 2.75) is 39.7 Å². The number of anilines is 1. The number of aromatic carboxylic acids is 1. The number of hydrogen-bond acceptors (Lipinski definition) is 11. The van der Waals surface area contributed by atoms with Gasteiger partial charge in [-0.15, -0.1) is 0 Å². The first-order valence-corrected chi connectivity index (χ1v) is 14.5. The number of nitrogens with one attached hydrogen (secondary N) is 1. The van der Waals surface area contributed by atoms with E-state index < -0.39 is 17.0 Å². The largest absolute Gasteiger partial charge is 0.477 e. The van der Waals surface area contributed by atoms with E-state index in [1.165, 1.54) is 10.8 Å². The molecule has 14 heteroatoms. The van der Waals surface area contributed by atoms with Gasteiger partial charge in [0.05, 0.1) is 17.3 Å². The smallest absolute Gasteiger partial charge is 0.341 e. The molecule has 2 aliphatic heterocycles. The molecule has 13 nitrogen and oxygen atoms in total. The van der Waals surface area contributed by atoms with Crippen molar-refractivity contribution in [1.29, 1.82) is 0 Å². The number of rotatable bonds is 7. The van der Waals surface area contributed by atoms with E-state index in [9.17, 15) is 19.5 Å². The number of amidine groups is 1. The SMILES string of the molecule is CCCN1N=C(NC(=O)C2CN(c3cc(C)c4c(=O)c(C(=O)O)cn(-c5nc(-c6ccccn6)ns5)c4n3)C2)CC1C. The summed E-state index contributed by atoms with van der Waals surface area (Å²) in [6.07, 6.45) is 4.56. The zero-order valence-corrected chi connectivity index (χ0v) is 24.1. The third kappa shape index (κ3) is 4.98. The zero-order valence-electron chi connectivity index (χ0n) is 23.3. The summed E-state index contributed by atoms with van der Waals surface area (Å²) >= 11 is 1.05. The predicted octanol–water partition coefficient (Wildman–Crippen LogP) is 2.68. The van der Waals surface area contributed by atoms with Crippen LogP contribution in [0.5, 0.6) is 0 Å². The number of nitrogens with zero attached hydrogens (tertiary/aromatic N) is 8. The van der Waals surface area contributed by atoms with Crippen molar-refractivity contribution in [2.24, 2.45) is 11.0 Å². The van der Waals surface area contributed by atoms with Crippen LogP contribution in [-0.2, 0) is 4.79 Å². The predicted molar refractivity (Wildman–Crippen MR) is 158 cm³/mol. The third-order valence-corrected chi connectivity index (χ3v) is 8.15. The first-order chi connectivity index (χ1) is 20.2. The fourth-order valence-corrected chi connectivity index (χ4v) is 5.84. The Balaban J connectivity index is 1.29. The second kappa shape index (κ2) is 10.9. The fourth-order valence-electron chi connectivity index (χ4n) is 5.18. The molecule has 6 rings (SSSR count). The monoisotopic (exact) mass is 587 g/mol. The molecule has 216 valence electrons. The maximum atomic E-state index is 13.2. The second-order valence-electron chi connectivity index (χ2n) is 10.5. The van der Waals surface area contributed by atoms with Gasteiger partial charge in [0, 0.05) is 50.0 Å². The number of hydrogen-bond donors (Lipinski definition) is 2. The minimum absolute atomic E-state index is 0.0769. The molecule has 1 atom stereocenters. The van der Waals surface area contributed by atoms with Crippen LogP contribution < -0.4 is 15.6 Å². The van der Waals surface area contributed by atoms with Gasteiger partial charge in [-0.25, -0.2) is 9.78 Å². The van der Waals surface area contributed by atoms with Gasteiger partial charge >= 0.3 is 5.97 Å². The Morgan fingerprint density at radius 1 is 1.21 bits per heavy atom. The lowest BCUT2D eigenvalue weighted by Crippen LogP contribution is -2.54. The molecule has 4 aromatic heterocycles. The van der Waals surface area contributed by atoms with Crippen molar-refractivity contribution in [2.75, 3.05) is 24.5 Å². The lowest BCUT2D eigenvalue weighted by atomic mass is 9.98. The fraction of sp³-hybridized carbons (Fsp3) is 0.357. The van der Waals surface area contributed by atoms with Crippen molar-refractivity contribution in [3.05, 3.63) is 58.0 Å². The molecule has 1 amide bonds. The van der Waals surface area contributed by atoms with E-state index in [1.54, 1.807) is 31.3 Å². The molecule has 4 aromatic rings. The Morgan fingerprint density at radius 3 is 2.74 bits per heavy atom. The van der Waals surface area contributed by atoms with Crippen molar-refractivity contribution in [3.8, 4) is 16.6 Å². The van der Waals surface area contributed by atoms with E-state index >= 15 is 0 Å². The Morgan fingerprint density at radius 2 is 2.02 bits per heavy atom. The highest BCUT2D eigenvalue weighted by atomic mass is 32.1. The molecule has 2 N–H and O–H groups in total. The molecule has 0 spiro atoms. The maximum absolute atomic E-state index is 13.2. The second-order valence-corrected chi connectivity index (χ2v) is 11.2. The summed E-state index contributed by atoms with van der Waals surface area (Å²) < 4.78 is 5.88. The molecule has 1 unspecified atom stereocenters. The number of carboxylic acid groups (broad SMARTS) is 1. The molecule has 1 saturated heterocycles. The van der Waals surface area contributed by atoms with Crippen molar-refractivity contribution >= 4 is 46.1 Å². The highest BCUT2D eigenvalue weighted by Crippen LogP contribution is 2.29. The highest BCUT2D eigenvalue weighted by Gasteiger charge is 2.36. The molecule has 0 aliphatic carbocycles. The Hall–Kier alpha value is -4.72. The molecule has 0 bridgehead atoms. The summed E-state index contributed by atoms with van der Waals surface area (Å²) in [5.41, 5.74) is 0.391. The van der Waals surface area contributed by atoms with Gasteiger partial charge < -0.3 is 15.3 Å². The lowest BCUT2D eigenvalue weighted by molar-refractivity contribution is -0.124. The minimum atomic E-state index is -1.34. The maximum Gasteiger partial charge on any atom is 0.341 e. The summed E-state index contributed by atoms with van der Waals surface area (Å²) in [4.78, 5) is 53.7. The number of pyridine rings is 3. The van der Waals surface area contributed by atoms with Gasteiger partial charge in [-0.3, -0.25) is 24.1 Å². The summed E-state index contributed by atoms with van der Waals surface area (Å²) in [6.45, 7) is 7.69. The number of aromatic nitrogens is 5. The van der Waals surface area contributed by atoms with Crippen LogP contribution >= 0.6 is 11.5 Å². The van der Waals surface area contributed by atoms with E-state index in [0.717, 1.165) is 24.5 Å². The quantitative estimate of drug-likeness (QED) is 0.329. The molecule has 6 heterocycles. The van der Waals surface area contributed by atoms with E-state index in [0.29, 0.717) is 53.4 Å². The number of fused-ring (bicyclic) bond motifs is 1. The molecule has 2 aliphatic rings. The lowest BCUT2D eigenvalue weighted by Gasteiger charge is -2.39. The van der Waals surface area contributed by atoms with Crippen LogP contribution in [0.15, 0.2) is 46.6 Å². The van der Waals surface area contributed by atoms with Crippen LogP contribution in [0, 0.1) is 12.8 Å². The van der Waals surface area contributed by atoms with Crippen LogP contribution in [0.2, 0.25) is 0 Å². The molecule has 42 heavy (non-hydrogen) atoms. The third-order valence-electron chi connectivity index (χ3n) is 7.43. The van der Waals surface area contributed by atoms with Gasteiger partial charge in [0.2, 0.25) is 16.5 Å². The Bertz CT molecular complexity index is 1780. The standard InChI is InChI=1S/C28H29N9O4S/c1-4-9-37-16(3)11-20(33-37)30-26(39)17-12-35(13-17)21-10-15(2)22-23(38)18(27(40)41)14-36(25(22)31-21)28-32-24(34-42-28)19-7-5-6-8-29-19/h5-8,10,14,16-17H,4,9,11-13H2,1-3H3,(H,40,41)(H,30,33,39). The van der Waals surface area contributed by atoms with E-state index in [-0.39, 0.29) is 28.9 Å². The van der Waals surface area contributed by atoms with Crippen molar-refractivity contribution < 1.29 is 14.7 Å². The van der Waals surface area contributed by atoms with E-state index in [2.05, 4.69) is 38.6 Å². The summed E-state index contributed by atoms with van der Waals surface area (Å²) in [5.74, 6) is -0.00373. The number of carbonyl (C=O) groups is 2. The molecule has 1 fully saturated rings. The first kappa shape index (κ1) is 27.4. The van der Waals surface area contributed by atoms with Gasteiger partial charge in [-0.1, -0.05) is 13.0 Å². The molecule has 0 radical (unpaired) electrons. The number of hydrazone groups is 1. The van der Waals surface area contributed by atoms with Gasteiger partial charge in [0.1, 0.15) is 22.9 Å². The highest BCUT2D eigenvalue weighted by molar-refractivity contribution is 7.08. The van der Waals surface area contributed by atoms with Gasteiger partial charge in [0.25, 0.3) is 0 Å². The van der Waals surface area contributed by atoms with Gasteiger partial charge in [-0.2, -0.15) is 14.5 Å². The first-order valence-electron chi connectivity index (χ1n) is 13.7. The van der Waals surface area contributed by atoms with Gasteiger partial charge in [-0.05, 0) is 44.0 Å². The number of aryl methyl sites for hydroxylation is 1. The van der Waals surface area contributed by atoms with Crippen molar-refractivity contribution in [3.63, 3.8) is 0 Å². The molecular weight excluding hydrogens is 558 g/mol. The molecular formula is C28H29N9O4S. The van der Waals surface area contributed by atoms with E-state index in [1.807, 2.05) is 16.0 Å². The Labute approximate surface area is 244 Å². The normalized spacial score (nSPS) is 16.9. The van der Waals surface area contributed by atoms with Crippen LogP contribution in [-0.4, -0.2) is 77.4 Å². The van der Waals surface area contributed by atoms with Crippen molar-refractivity contribution in [1.82, 2.24) is 34.2 Å². The topological polar surface area (TPSA) is 159 Å². The van der Waals surface area contributed by atoms with E-state index in [4.69, 9.17) is 4.98 Å². The average Bonchev–Trinajstić information content (AvgIpc) is 3.55. The zero-order chi connectivity index (χ0) is 29.5. The summed E-state index contributed by atoms with van der Waals surface area (Å²) in [7, 11) is 0. The van der Waals surface area contributed by atoms with Crippen LogP contribution in [0.1, 0.15) is 42.6 Å². The number of carboxylic acids is 1. The summed E-state index contributed by atoms with van der Waals surface area (Å²) in [5, 5.41) is 19.8. The van der Waals surface area contributed by atoms with Gasteiger partial charge in [0.15, 0.2) is 11.5 Å². The van der Waals surface area contributed by atoms with Crippen LogP contribution in [0.4, 0.5) is 5.82 Å². The molecule has 0 saturated carbocycles. The van der Waals surface area contributed by atoms with Crippen LogP contribution in [0.3, 0.4) is 0 Å². The number of carbonyl (C=O) groups excluding carboxylic acids is 1. The minimum Gasteiger partial charge on any atom is -0.477 e. The summed E-state index contributed by atoms with van der Waals surface area (Å²) in [6, 6.07) is 7.39.